The van der Waals surface area contributed by atoms with Crippen molar-refractivity contribution in [2.24, 2.45) is 0 Å². The van der Waals surface area contributed by atoms with Gasteiger partial charge in [-0.15, -0.1) is 11.6 Å². The molecule has 3 heterocycles. The number of aromatic nitrogens is 4. The highest BCUT2D eigenvalue weighted by atomic mass is 35.5. The lowest BCUT2D eigenvalue weighted by atomic mass is 10.3. The third-order valence-electron chi connectivity index (χ3n) is 3.22. The lowest BCUT2D eigenvalue weighted by Crippen LogP contribution is -2.06. The molecule has 0 radical (unpaired) electrons. The van der Waals surface area contributed by atoms with E-state index in [-0.39, 0.29) is 0 Å². The second-order valence-electron chi connectivity index (χ2n) is 4.79. The Morgan fingerprint density at radius 3 is 2.90 bits per heavy atom. The van der Waals surface area contributed by atoms with Crippen molar-refractivity contribution in [1.29, 1.82) is 0 Å². The third kappa shape index (κ3) is 2.29. The molecule has 6 heteroatoms. The van der Waals surface area contributed by atoms with Gasteiger partial charge in [0, 0.05) is 24.6 Å². The van der Waals surface area contributed by atoms with Crippen LogP contribution in [0.5, 0.6) is 0 Å². The molecule has 0 saturated heterocycles. The molecule has 0 bridgehead atoms. The predicted molar refractivity (Wildman–Crippen MR) is 77.0 cm³/mol. The summed E-state index contributed by atoms with van der Waals surface area (Å²) in [6.07, 6.45) is 2.50. The van der Waals surface area contributed by atoms with Crippen molar-refractivity contribution in [3.05, 3.63) is 41.2 Å². The van der Waals surface area contributed by atoms with E-state index >= 15 is 0 Å². The summed E-state index contributed by atoms with van der Waals surface area (Å²) in [7, 11) is 0. The molecule has 0 aliphatic carbocycles. The third-order valence-corrected chi connectivity index (χ3v) is 3.41. The summed E-state index contributed by atoms with van der Waals surface area (Å²) >= 11 is 5.87. The van der Waals surface area contributed by atoms with Gasteiger partial charge in [0.2, 0.25) is 0 Å². The van der Waals surface area contributed by atoms with Crippen LogP contribution in [-0.2, 0) is 13.0 Å². The Morgan fingerprint density at radius 1 is 1.35 bits per heavy atom. The number of imidazole rings is 1. The maximum absolute atomic E-state index is 5.87. The molecule has 20 heavy (non-hydrogen) atoms. The van der Waals surface area contributed by atoms with Crippen LogP contribution in [0.25, 0.3) is 11.2 Å². The second kappa shape index (κ2) is 5.25. The molecule has 3 aromatic heterocycles. The summed E-state index contributed by atoms with van der Waals surface area (Å²) in [5, 5.41) is 3.92. The highest BCUT2D eigenvalue weighted by molar-refractivity contribution is 6.17. The Bertz CT molecular complexity index is 747. The van der Waals surface area contributed by atoms with E-state index in [0.717, 1.165) is 34.0 Å². The van der Waals surface area contributed by atoms with Gasteiger partial charge in [0.1, 0.15) is 11.3 Å². The Balaban J connectivity index is 2.11. The second-order valence-corrected chi connectivity index (χ2v) is 5.17. The Hall–Kier alpha value is -1.88. The van der Waals surface area contributed by atoms with Gasteiger partial charge in [0.15, 0.2) is 11.4 Å². The fraction of sp³-hybridized carbons (Fsp3) is 0.357. The maximum Gasteiger partial charge on any atom is 0.160 e. The van der Waals surface area contributed by atoms with Crippen LogP contribution in [0, 0.1) is 13.8 Å². The molecule has 0 aromatic carbocycles. The molecule has 0 N–H and O–H groups in total. The normalized spacial score (nSPS) is 11.3. The number of alkyl halides is 1. The van der Waals surface area contributed by atoms with Crippen molar-refractivity contribution in [2.75, 3.05) is 5.88 Å². The van der Waals surface area contributed by atoms with Crippen LogP contribution < -0.4 is 0 Å². The van der Waals surface area contributed by atoms with Gasteiger partial charge >= 0.3 is 0 Å². The molecule has 0 amide bonds. The molecule has 0 fully saturated rings. The van der Waals surface area contributed by atoms with Gasteiger partial charge in [-0.1, -0.05) is 5.16 Å². The van der Waals surface area contributed by atoms with Crippen molar-refractivity contribution < 1.29 is 4.52 Å². The summed E-state index contributed by atoms with van der Waals surface area (Å²) in [5.41, 5.74) is 3.76. The first-order chi connectivity index (χ1) is 9.69. The first-order valence-electron chi connectivity index (χ1n) is 6.48. The van der Waals surface area contributed by atoms with E-state index in [1.807, 2.05) is 30.5 Å². The van der Waals surface area contributed by atoms with Gasteiger partial charge in [-0.05, 0) is 25.5 Å². The van der Waals surface area contributed by atoms with Gasteiger partial charge in [0.05, 0.1) is 12.2 Å². The summed E-state index contributed by atoms with van der Waals surface area (Å²) in [6, 6.07) is 3.88. The lowest BCUT2D eigenvalue weighted by molar-refractivity contribution is 0.372. The number of aryl methyl sites for hydroxylation is 3. The zero-order chi connectivity index (χ0) is 14.1. The van der Waals surface area contributed by atoms with Gasteiger partial charge in [-0.25, -0.2) is 9.97 Å². The zero-order valence-corrected chi connectivity index (χ0v) is 12.2. The average molecular weight is 291 g/mol. The zero-order valence-electron chi connectivity index (χ0n) is 11.4. The molecule has 5 nitrogen and oxygen atoms in total. The monoisotopic (exact) mass is 290 g/mol. The van der Waals surface area contributed by atoms with Crippen LogP contribution >= 0.6 is 11.6 Å². The van der Waals surface area contributed by atoms with Crippen molar-refractivity contribution in [2.45, 2.75) is 26.8 Å². The quantitative estimate of drug-likeness (QED) is 0.693. The van der Waals surface area contributed by atoms with Crippen LogP contribution in [0.15, 0.2) is 22.9 Å². The lowest BCUT2D eigenvalue weighted by Gasteiger charge is -2.05. The highest BCUT2D eigenvalue weighted by Crippen LogP contribution is 2.20. The Morgan fingerprint density at radius 2 is 2.20 bits per heavy atom. The van der Waals surface area contributed by atoms with Crippen molar-refractivity contribution in [1.82, 2.24) is 19.7 Å². The molecule has 0 aliphatic rings. The number of pyridine rings is 1. The van der Waals surface area contributed by atoms with E-state index in [1.165, 1.54) is 0 Å². The molecular formula is C14H15ClN4O. The van der Waals surface area contributed by atoms with Crippen molar-refractivity contribution >= 4 is 22.8 Å². The minimum Gasteiger partial charge on any atom is -0.359 e. The Kier molecular flexibility index (Phi) is 3.44. The fourth-order valence-electron chi connectivity index (χ4n) is 2.27. The van der Waals surface area contributed by atoms with Gasteiger partial charge in [-0.3, -0.25) is 0 Å². The van der Waals surface area contributed by atoms with Crippen molar-refractivity contribution in [3.8, 4) is 0 Å². The SMILES string of the molecule is Cc1cc(Cn2c(CCCl)nc3c(C)ccnc32)on1. The first kappa shape index (κ1) is 13.1. The summed E-state index contributed by atoms with van der Waals surface area (Å²) < 4.78 is 7.34. The van der Waals surface area contributed by atoms with Crippen LogP contribution in [-0.4, -0.2) is 25.6 Å². The van der Waals surface area contributed by atoms with Gasteiger partial charge in [-0.2, -0.15) is 0 Å². The molecule has 3 rings (SSSR count). The van der Waals surface area contributed by atoms with E-state index in [4.69, 9.17) is 16.1 Å². The maximum atomic E-state index is 5.87. The molecular weight excluding hydrogens is 276 g/mol. The summed E-state index contributed by atoms with van der Waals surface area (Å²) in [4.78, 5) is 9.10. The topological polar surface area (TPSA) is 56.7 Å². The number of hydrogen-bond donors (Lipinski definition) is 0. The number of fused-ring (bicyclic) bond motifs is 1. The van der Waals surface area contributed by atoms with Gasteiger partial charge in [0.25, 0.3) is 0 Å². The fourth-order valence-corrected chi connectivity index (χ4v) is 2.44. The molecule has 0 aliphatic heterocycles. The smallest absolute Gasteiger partial charge is 0.160 e. The van der Waals surface area contributed by atoms with Crippen molar-refractivity contribution in [3.63, 3.8) is 0 Å². The largest absolute Gasteiger partial charge is 0.359 e. The number of nitrogens with zero attached hydrogens (tertiary/aromatic N) is 4. The minimum absolute atomic E-state index is 0.526. The van der Waals surface area contributed by atoms with Crippen LogP contribution in [0.1, 0.15) is 22.8 Å². The van der Waals surface area contributed by atoms with Crippen LogP contribution in [0.3, 0.4) is 0 Å². The average Bonchev–Trinajstić information content (AvgIpc) is 2.97. The number of halogens is 1. The van der Waals surface area contributed by atoms with Crippen LogP contribution in [0.4, 0.5) is 0 Å². The number of hydrogen-bond acceptors (Lipinski definition) is 4. The van der Waals surface area contributed by atoms with E-state index in [0.29, 0.717) is 18.8 Å². The molecule has 3 aromatic rings. The Labute approximate surface area is 121 Å². The molecule has 0 saturated carbocycles. The minimum atomic E-state index is 0.526. The first-order valence-corrected chi connectivity index (χ1v) is 7.01. The highest BCUT2D eigenvalue weighted by Gasteiger charge is 2.14. The summed E-state index contributed by atoms with van der Waals surface area (Å²) in [5.74, 6) is 2.24. The predicted octanol–water partition coefficient (Wildman–Crippen LogP) is 2.87. The molecule has 0 unspecified atom stereocenters. The molecule has 104 valence electrons. The van der Waals surface area contributed by atoms with E-state index in [1.54, 1.807) is 6.20 Å². The number of rotatable bonds is 4. The van der Waals surface area contributed by atoms with Gasteiger partial charge < -0.3 is 9.09 Å². The van der Waals surface area contributed by atoms with E-state index in [9.17, 15) is 0 Å². The standard InChI is InChI=1S/C14H15ClN4O/c1-9-4-6-16-14-13(9)17-12(3-5-15)19(14)8-11-7-10(2)18-20-11/h4,6-7H,3,5,8H2,1-2H3. The van der Waals surface area contributed by atoms with Crippen LogP contribution in [0.2, 0.25) is 0 Å². The molecule has 0 spiro atoms. The van der Waals surface area contributed by atoms with E-state index < -0.39 is 0 Å². The van der Waals surface area contributed by atoms with E-state index in [2.05, 4.69) is 15.1 Å². The summed E-state index contributed by atoms with van der Waals surface area (Å²) in [6.45, 7) is 4.51. The molecule has 0 atom stereocenters.